The number of hydrogen-bond donors (Lipinski definition) is 3. The first kappa shape index (κ1) is 12.2. The summed E-state index contributed by atoms with van der Waals surface area (Å²) in [4.78, 5) is 0. The maximum absolute atomic E-state index is 13.5. The molecule has 0 heterocycles. The number of phenols is 1. The van der Waals surface area contributed by atoms with Crippen molar-refractivity contribution < 1.29 is 19.3 Å². The smallest absolute Gasteiger partial charge is 0.208 e. The predicted octanol–water partition coefficient (Wildman–Crippen LogP) is 1.29. The van der Waals surface area contributed by atoms with Gasteiger partial charge in [-0.25, -0.2) is 0 Å². The van der Waals surface area contributed by atoms with Crippen LogP contribution in [0.3, 0.4) is 0 Å². The third-order valence-corrected chi connectivity index (χ3v) is 2.57. The highest BCUT2D eigenvalue weighted by molar-refractivity contribution is 9.10. The molecule has 0 amide bonds. The summed E-state index contributed by atoms with van der Waals surface area (Å²) in [6.07, 6.45) is -1.04. The van der Waals surface area contributed by atoms with Crippen molar-refractivity contribution in [3.05, 3.63) is 21.9 Å². The molecule has 0 bridgehead atoms. The highest BCUT2D eigenvalue weighted by atomic mass is 79.9. The first-order chi connectivity index (χ1) is 7.02. The van der Waals surface area contributed by atoms with E-state index < -0.39 is 17.7 Å². The predicted molar refractivity (Wildman–Crippen MR) is 56.3 cm³/mol. The molecule has 1 aromatic rings. The van der Waals surface area contributed by atoms with E-state index in [-0.39, 0.29) is 22.3 Å². The topological polar surface area (TPSA) is 75.7 Å². The van der Waals surface area contributed by atoms with Gasteiger partial charge in [0.2, 0.25) is 5.82 Å². The fourth-order valence-electron chi connectivity index (χ4n) is 1.19. The Hall–Kier alpha value is -0.850. The van der Waals surface area contributed by atoms with Crippen molar-refractivity contribution >= 4 is 15.9 Å². The van der Waals surface area contributed by atoms with Crippen LogP contribution in [0.1, 0.15) is 11.7 Å². The number of benzene rings is 1. The molecule has 4 nitrogen and oxygen atoms in total. The Kier molecular flexibility index (Phi) is 3.90. The molecule has 0 saturated heterocycles. The minimum atomic E-state index is -1.04. The molecular formula is C9H11BrFNO3. The zero-order valence-corrected chi connectivity index (χ0v) is 9.58. The molecule has 6 heteroatoms. The van der Waals surface area contributed by atoms with Crippen LogP contribution in [-0.4, -0.2) is 23.9 Å². The van der Waals surface area contributed by atoms with Gasteiger partial charge < -0.3 is 20.7 Å². The van der Waals surface area contributed by atoms with Crippen LogP contribution in [0.4, 0.5) is 4.39 Å². The molecule has 0 aliphatic rings. The molecular weight excluding hydrogens is 269 g/mol. The number of aromatic hydroxyl groups is 1. The molecule has 0 fully saturated rings. The molecule has 0 aliphatic heterocycles. The lowest BCUT2D eigenvalue weighted by atomic mass is 10.1. The van der Waals surface area contributed by atoms with Crippen LogP contribution >= 0.6 is 15.9 Å². The Bertz CT molecular complexity index is 373. The van der Waals surface area contributed by atoms with E-state index in [1.165, 1.54) is 13.2 Å². The molecule has 0 saturated carbocycles. The van der Waals surface area contributed by atoms with Crippen LogP contribution in [0.5, 0.6) is 11.5 Å². The average molecular weight is 280 g/mol. The zero-order chi connectivity index (χ0) is 11.6. The normalized spacial score (nSPS) is 12.6. The minimum Gasteiger partial charge on any atom is -0.504 e. The molecule has 1 aromatic carbocycles. The largest absolute Gasteiger partial charge is 0.504 e. The Morgan fingerprint density at radius 3 is 2.73 bits per heavy atom. The van der Waals surface area contributed by atoms with Crippen LogP contribution in [-0.2, 0) is 0 Å². The van der Waals surface area contributed by atoms with Gasteiger partial charge >= 0.3 is 0 Å². The molecule has 0 aliphatic carbocycles. The van der Waals surface area contributed by atoms with Gasteiger partial charge in [-0.15, -0.1) is 0 Å². The van der Waals surface area contributed by atoms with Crippen LogP contribution in [0.15, 0.2) is 10.5 Å². The lowest BCUT2D eigenvalue weighted by Crippen LogP contribution is -2.13. The molecule has 84 valence electrons. The second-order valence-electron chi connectivity index (χ2n) is 2.89. The van der Waals surface area contributed by atoms with Crippen molar-refractivity contribution in [3.8, 4) is 11.5 Å². The summed E-state index contributed by atoms with van der Waals surface area (Å²) in [6.45, 7) is -0.0625. The van der Waals surface area contributed by atoms with Gasteiger partial charge in [0.1, 0.15) is 0 Å². The van der Waals surface area contributed by atoms with Crippen LogP contribution in [0.25, 0.3) is 0 Å². The highest BCUT2D eigenvalue weighted by Crippen LogP contribution is 2.38. The van der Waals surface area contributed by atoms with Crippen molar-refractivity contribution in [2.24, 2.45) is 5.73 Å². The van der Waals surface area contributed by atoms with E-state index in [2.05, 4.69) is 15.9 Å². The van der Waals surface area contributed by atoms with Gasteiger partial charge in [-0.05, 0) is 22.0 Å². The van der Waals surface area contributed by atoms with Gasteiger partial charge in [0, 0.05) is 12.1 Å². The average Bonchev–Trinajstić information content (AvgIpc) is 2.24. The van der Waals surface area contributed by atoms with Gasteiger partial charge in [0.05, 0.1) is 17.7 Å². The maximum atomic E-state index is 13.5. The number of halogens is 2. The number of nitrogens with two attached hydrogens (primary N) is 1. The number of ether oxygens (including phenoxy) is 1. The van der Waals surface area contributed by atoms with Crippen molar-refractivity contribution in [1.82, 2.24) is 0 Å². The summed E-state index contributed by atoms with van der Waals surface area (Å²) in [7, 11) is 1.25. The van der Waals surface area contributed by atoms with E-state index in [4.69, 9.17) is 10.5 Å². The summed E-state index contributed by atoms with van der Waals surface area (Å²) in [6, 6.07) is 1.37. The summed E-state index contributed by atoms with van der Waals surface area (Å²) >= 11 is 2.96. The third-order valence-electron chi connectivity index (χ3n) is 1.96. The molecule has 15 heavy (non-hydrogen) atoms. The van der Waals surface area contributed by atoms with Gasteiger partial charge in [-0.2, -0.15) is 4.39 Å². The lowest BCUT2D eigenvalue weighted by molar-refractivity contribution is 0.180. The molecule has 1 rings (SSSR count). The molecule has 1 unspecified atom stereocenters. The van der Waals surface area contributed by atoms with E-state index in [1.807, 2.05) is 0 Å². The highest BCUT2D eigenvalue weighted by Gasteiger charge is 2.21. The second-order valence-corrected chi connectivity index (χ2v) is 3.75. The Labute approximate surface area is 94.6 Å². The fourth-order valence-corrected chi connectivity index (χ4v) is 1.61. The van der Waals surface area contributed by atoms with Gasteiger partial charge in [-0.1, -0.05) is 0 Å². The Balaban J connectivity index is 3.38. The summed E-state index contributed by atoms with van der Waals surface area (Å²) in [5.74, 6) is -1.68. The maximum Gasteiger partial charge on any atom is 0.208 e. The monoisotopic (exact) mass is 279 g/mol. The summed E-state index contributed by atoms with van der Waals surface area (Å²) < 4.78 is 18.4. The van der Waals surface area contributed by atoms with Gasteiger partial charge in [0.15, 0.2) is 11.5 Å². The quantitative estimate of drug-likeness (QED) is 0.780. The Morgan fingerprint density at radius 1 is 1.67 bits per heavy atom. The van der Waals surface area contributed by atoms with Crippen molar-refractivity contribution in [2.45, 2.75) is 6.10 Å². The van der Waals surface area contributed by atoms with Crippen molar-refractivity contribution in [1.29, 1.82) is 0 Å². The SMILES string of the molecule is COc1c(C(O)CN)cc(Br)c(O)c1F. The fraction of sp³-hybridized carbons (Fsp3) is 0.333. The number of aliphatic hydroxyl groups is 1. The number of methoxy groups -OCH3 is 1. The number of rotatable bonds is 3. The zero-order valence-electron chi connectivity index (χ0n) is 8.00. The van der Waals surface area contributed by atoms with E-state index in [0.29, 0.717) is 0 Å². The van der Waals surface area contributed by atoms with Crippen LogP contribution < -0.4 is 10.5 Å². The lowest BCUT2D eigenvalue weighted by Gasteiger charge is -2.15. The molecule has 0 aromatic heterocycles. The van der Waals surface area contributed by atoms with E-state index in [1.54, 1.807) is 0 Å². The minimum absolute atomic E-state index is 0.0625. The van der Waals surface area contributed by atoms with Crippen molar-refractivity contribution in [2.75, 3.05) is 13.7 Å². The summed E-state index contributed by atoms with van der Waals surface area (Å²) in [5, 5.41) is 18.8. The standard InChI is InChI=1S/C9H11BrFNO3/c1-15-9-4(6(13)3-12)2-5(10)8(14)7(9)11/h2,6,13-14H,3,12H2,1H3. The van der Waals surface area contributed by atoms with E-state index in [0.717, 1.165) is 0 Å². The van der Waals surface area contributed by atoms with Gasteiger partial charge in [0.25, 0.3) is 0 Å². The number of phenolic OH excluding ortho intramolecular Hbond substituents is 1. The van der Waals surface area contributed by atoms with Crippen LogP contribution in [0, 0.1) is 5.82 Å². The van der Waals surface area contributed by atoms with Crippen LogP contribution in [0.2, 0.25) is 0 Å². The van der Waals surface area contributed by atoms with E-state index in [9.17, 15) is 14.6 Å². The first-order valence-corrected chi connectivity index (χ1v) is 4.95. The van der Waals surface area contributed by atoms with E-state index >= 15 is 0 Å². The molecule has 0 spiro atoms. The first-order valence-electron chi connectivity index (χ1n) is 4.15. The van der Waals surface area contributed by atoms with Crippen molar-refractivity contribution in [3.63, 3.8) is 0 Å². The number of hydrogen-bond acceptors (Lipinski definition) is 4. The Morgan fingerprint density at radius 2 is 2.27 bits per heavy atom. The number of aliphatic hydroxyl groups excluding tert-OH is 1. The second kappa shape index (κ2) is 4.78. The summed E-state index contributed by atoms with van der Waals surface area (Å²) in [5.41, 5.74) is 5.46. The molecule has 4 N–H and O–H groups in total. The molecule has 1 atom stereocenters. The molecule has 0 radical (unpaired) electrons. The van der Waals surface area contributed by atoms with Gasteiger partial charge in [-0.3, -0.25) is 0 Å². The third kappa shape index (κ3) is 2.22.